The van der Waals surface area contributed by atoms with Crippen molar-refractivity contribution in [2.24, 2.45) is 5.73 Å². The smallest absolute Gasteiger partial charge is 0.275 e. The normalized spacial score (nSPS) is 22.6. The van der Waals surface area contributed by atoms with E-state index >= 15 is 0 Å². The van der Waals surface area contributed by atoms with Gasteiger partial charge in [-0.25, -0.2) is 0 Å². The Morgan fingerprint density at radius 3 is 2.67 bits per heavy atom. The number of nitrogens with zero attached hydrogens (tertiary/aromatic N) is 3. The first kappa shape index (κ1) is 19.8. The second kappa shape index (κ2) is 8.39. The first-order chi connectivity index (χ1) is 12.9. The molecule has 0 spiro atoms. The molecule has 1 aliphatic heterocycles. The highest BCUT2D eigenvalue weighted by molar-refractivity contribution is 5.96. The maximum absolute atomic E-state index is 13.4. The third-order valence-electron chi connectivity index (χ3n) is 5.47. The summed E-state index contributed by atoms with van der Waals surface area (Å²) in [5.41, 5.74) is 7.72. The van der Waals surface area contributed by atoms with Crippen molar-refractivity contribution in [1.82, 2.24) is 14.7 Å². The number of amides is 2. The van der Waals surface area contributed by atoms with Gasteiger partial charge in [-0.05, 0) is 26.7 Å². The van der Waals surface area contributed by atoms with Crippen LogP contribution in [0, 0.1) is 0 Å². The van der Waals surface area contributed by atoms with Crippen molar-refractivity contribution >= 4 is 11.8 Å². The van der Waals surface area contributed by atoms with Gasteiger partial charge in [0.2, 0.25) is 5.91 Å². The van der Waals surface area contributed by atoms with E-state index in [0.29, 0.717) is 25.3 Å². The minimum atomic E-state index is -0.493. The SMILES string of the molecule is COCCn1nc(C(=O)N(CC(N)=O)C2CCCC2)c2c1[C@H](C)O[C@H](C)C2. The Morgan fingerprint density at radius 1 is 1.33 bits per heavy atom. The zero-order chi connectivity index (χ0) is 19.6. The lowest BCUT2D eigenvalue weighted by atomic mass is 9.98. The van der Waals surface area contributed by atoms with Crippen LogP contribution in [0.25, 0.3) is 0 Å². The van der Waals surface area contributed by atoms with Crippen molar-refractivity contribution in [3.8, 4) is 0 Å². The van der Waals surface area contributed by atoms with E-state index in [1.54, 1.807) is 12.0 Å². The average molecular weight is 378 g/mol. The number of methoxy groups -OCH3 is 1. The lowest BCUT2D eigenvalue weighted by molar-refractivity contribution is -0.119. The van der Waals surface area contributed by atoms with Gasteiger partial charge in [0.1, 0.15) is 0 Å². The Morgan fingerprint density at radius 2 is 2.04 bits per heavy atom. The zero-order valence-corrected chi connectivity index (χ0v) is 16.4. The molecule has 1 fully saturated rings. The van der Waals surface area contributed by atoms with Gasteiger partial charge >= 0.3 is 0 Å². The van der Waals surface area contributed by atoms with Gasteiger partial charge in [-0.15, -0.1) is 0 Å². The van der Waals surface area contributed by atoms with Gasteiger partial charge in [-0.3, -0.25) is 14.3 Å². The monoisotopic (exact) mass is 378 g/mol. The number of ether oxygens (including phenoxy) is 2. The molecule has 0 saturated heterocycles. The van der Waals surface area contributed by atoms with Crippen molar-refractivity contribution in [2.45, 2.75) is 70.7 Å². The Bertz CT molecular complexity index is 696. The highest BCUT2D eigenvalue weighted by Gasteiger charge is 2.36. The molecule has 1 aromatic rings. The molecule has 0 unspecified atom stereocenters. The number of nitrogens with two attached hydrogens (primary N) is 1. The number of fused-ring (bicyclic) bond motifs is 1. The van der Waals surface area contributed by atoms with Crippen molar-refractivity contribution in [3.05, 3.63) is 17.0 Å². The number of carbonyl (C=O) groups is 2. The Kier molecular flexibility index (Phi) is 6.16. The summed E-state index contributed by atoms with van der Waals surface area (Å²) in [6.45, 7) is 4.96. The molecule has 2 atom stereocenters. The van der Waals surface area contributed by atoms with Gasteiger partial charge in [0.15, 0.2) is 5.69 Å². The van der Waals surface area contributed by atoms with Crippen LogP contribution in [0.5, 0.6) is 0 Å². The Labute approximate surface area is 160 Å². The predicted molar refractivity (Wildman–Crippen MR) is 99.3 cm³/mol. The van der Waals surface area contributed by atoms with E-state index < -0.39 is 5.91 Å². The van der Waals surface area contributed by atoms with Gasteiger partial charge in [0, 0.05) is 25.1 Å². The van der Waals surface area contributed by atoms with E-state index in [4.69, 9.17) is 15.2 Å². The molecule has 0 radical (unpaired) electrons. The van der Waals surface area contributed by atoms with Gasteiger partial charge in [-0.1, -0.05) is 12.8 Å². The van der Waals surface area contributed by atoms with E-state index in [9.17, 15) is 9.59 Å². The summed E-state index contributed by atoms with van der Waals surface area (Å²) in [4.78, 5) is 26.6. The van der Waals surface area contributed by atoms with Crippen molar-refractivity contribution in [1.29, 1.82) is 0 Å². The second-order valence-electron chi connectivity index (χ2n) is 7.56. The molecule has 8 nitrogen and oxygen atoms in total. The maximum atomic E-state index is 13.4. The molecular weight excluding hydrogens is 348 g/mol. The highest BCUT2D eigenvalue weighted by Crippen LogP contribution is 2.33. The van der Waals surface area contributed by atoms with Crippen LogP contribution in [0.15, 0.2) is 0 Å². The maximum Gasteiger partial charge on any atom is 0.275 e. The van der Waals surface area contributed by atoms with E-state index in [1.807, 2.05) is 18.5 Å². The number of rotatable bonds is 7. The minimum Gasteiger partial charge on any atom is -0.383 e. The van der Waals surface area contributed by atoms with Crippen molar-refractivity contribution < 1.29 is 19.1 Å². The summed E-state index contributed by atoms with van der Waals surface area (Å²) in [5.74, 6) is -0.692. The van der Waals surface area contributed by atoms with Crippen LogP contribution >= 0.6 is 0 Å². The van der Waals surface area contributed by atoms with Crippen LogP contribution in [-0.2, 0) is 27.2 Å². The molecule has 2 amide bonds. The van der Waals surface area contributed by atoms with Crippen molar-refractivity contribution in [3.63, 3.8) is 0 Å². The fourth-order valence-corrected chi connectivity index (χ4v) is 4.32. The summed E-state index contributed by atoms with van der Waals surface area (Å²) in [5, 5.41) is 4.63. The molecule has 1 aliphatic carbocycles. The predicted octanol–water partition coefficient (Wildman–Crippen LogP) is 1.42. The summed E-state index contributed by atoms with van der Waals surface area (Å²) < 4.78 is 13.0. The minimum absolute atomic E-state index is 0.00944. The summed E-state index contributed by atoms with van der Waals surface area (Å²) in [7, 11) is 1.64. The molecule has 2 heterocycles. The number of hydrogen-bond acceptors (Lipinski definition) is 5. The molecule has 0 bridgehead atoms. The van der Waals surface area contributed by atoms with E-state index in [0.717, 1.165) is 36.9 Å². The number of aromatic nitrogens is 2. The van der Waals surface area contributed by atoms with Crippen LogP contribution in [0.4, 0.5) is 0 Å². The van der Waals surface area contributed by atoms with Gasteiger partial charge in [0.25, 0.3) is 5.91 Å². The lowest BCUT2D eigenvalue weighted by Crippen LogP contribution is -2.44. The number of carbonyl (C=O) groups excluding carboxylic acids is 2. The second-order valence-corrected chi connectivity index (χ2v) is 7.56. The molecule has 8 heteroatoms. The first-order valence-electron chi connectivity index (χ1n) is 9.75. The quantitative estimate of drug-likeness (QED) is 0.773. The van der Waals surface area contributed by atoms with Gasteiger partial charge in [-0.2, -0.15) is 5.10 Å². The molecular formula is C19H30N4O4. The highest BCUT2D eigenvalue weighted by atomic mass is 16.5. The standard InChI is InChI=1S/C19H30N4O4/c1-12-10-15-17(21-23(8-9-26-3)18(15)13(2)27-12)19(25)22(11-16(20)24)14-6-4-5-7-14/h12-14H,4-11H2,1-3H3,(H2,20,24)/t12-,13+/m1/s1. The summed E-state index contributed by atoms with van der Waals surface area (Å²) >= 11 is 0. The van der Waals surface area contributed by atoms with Crippen LogP contribution in [0.3, 0.4) is 0 Å². The molecule has 2 N–H and O–H groups in total. The molecule has 0 aromatic carbocycles. The molecule has 1 saturated carbocycles. The van der Waals surface area contributed by atoms with Crippen LogP contribution in [-0.4, -0.2) is 58.9 Å². The molecule has 1 aromatic heterocycles. The van der Waals surface area contributed by atoms with E-state index in [1.165, 1.54) is 0 Å². The van der Waals surface area contributed by atoms with Crippen LogP contribution in [0.2, 0.25) is 0 Å². The molecule has 150 valence electrons. The fraction of sp³-hybridized carbons (Fsp3) is 0.737. The van der Waals surface area contributed by atoms with Crippen LogP contribution in [0.1, 0.15) is 67.4 Å². The first-order valence-corrected chi connectivity index (χ1v) is 9.75. The molecule has 27 heavy (non-hydrogen) atoms. The van der Waals surface area contributed by atoms with Gasteiger partial charge < -0.3 is 20.1 Å². The summed E-state index contributed by atoms with van der Waals surface area (Å²) in [6.07, 6.45) is 4.43. The largest absolute Gasteiger partial charge is 0.383 e. The Balaban J connectivity index is 1.98. The topological polar surface area (TPSA) is 99.7 Å². The fourth-order valence-electron chi connectivity index (χ4n) is 4.32. The third kappa shape index (κ3) is 4.16. The molecule has 3 rings (SSSR count). The van der Waals surface area contributed by atoms with Crippen LogP contribution < -0.4 is 5.73 Å². The number of hydrogen-bond donors (Lipinski definition) is 1. The zero-order valence-electron chi connectivity index (χ0n) is 16.4. The van der Waals surface area contributed by atoms with E-state index in [2.05, 4.69) is 5.10 Å². The number of primary amides is 1. The van der Waals surface area contributed by atoms with Crippen molar-refractivity contribution in [2.75, 3.05) is 20.3 Å². The van der Waals surface area contributed by atoms with E-state index in [-0.39, 0.29) is 30.7 Å². The average Bonchev–Trinajstić information content (AvgIpc) is 3.25. The lowest BCUT2D eigenvalue weighted by Gasteiger charge is -2.29. The molecule has 2 aliphatic rings. The Hall–Kier alpha value is -1.93. The van der Waals surface area contributed by atoms with Gasteiger partial charge in [0.05, 0.1) is 37.6 Å². The third-order valence-corrected chi connectivity index (χ3v) is 5.47. The summed E-state index contributed by atoms with van der Waals surface area (Å²) in [6, 6.07) is 0.0551.